The molecule has 1 aromatic carbocycles. The largest absolute Gasteiger partial charge is 0.504 e. The molecule has 0 radical (unpaired) electrons. The van der Waals surface area contributed by atoms with Crippen LogP contribution in [0, 0.1) is 5.41 Å². The number of aromatic hydroxyl groups is 1. The van der Waals surface area contributed by atoms with Crippen LogP contribution >= 0.6 is 21.6 Å². The summed E-state index contributed by atoms with van der Waals surface area (Å²) in [5.74, 6) is 2.28. The molecule has 316 valence electrons. The Labute approximate surface area is 347 Å². The summed E-state index contributed by atoms with van der Waals surface area (Å²) in [4.78, 5) is 32.8. The molecule has 5 aliphatic rings. The van der Waals surface area contributed by atoms with Gasteiger partial charge in [-0.05, 0) is 100 Å². The van der Waals surface area contributed by atoms with Gasteiger partial charge in [-0.1, -0.05) is 65.8 Å². The first-order chi connectivity index (χ1) is 27.5. The van der Waals surface area contributed by atoms with Crippen molar-refractivity contribution in [2.45, 2.75) is 159 Å². The summed E-state index contributed by atoms with van der Waals surface area (Å²) < 4.78 is 12.2. The van der Waals surface area contributed by atoms with Crippen LogP contribution in [0.1, 0.15) is 134 Å². The summed E-state index contributed by atoms with van der Waals surface area (Å²) in [7, 11) is 3.79. The summed E-state index contributed by atoms with van der Waals surface area (Å²) in [6, 6.07) is 3.85. The van der Waals surface area contributed by atoms with E-state index in [9.17, 15) is 19.8 Å². The van der Waals surface area contributed by atoms with Gasteiger partial charge in [-0.3, -0.25) is 14.6 Å². The van der Waals surface area contributed by atoms with Gasteiger partial charge < -0.3 is 46.7 Å². The lowest BCUT2D eigenvalue weighted by Crippen LogP contribution is -2.47. The molecule has 3 fully saturated rings. The lowest BCUT2D eigenvalue weighted by Gasteiger charge is -2.31. The molecular weight excluding hydrogens is 761 g/mol. The highest BCUT2D eigenvalue weighted by atomic mass is 33.1. The normalized spacial score (nSPS) is 27.5. The Balaban J connectivity index is 1.27. The van der Waals surface area contributed by atoms with Crippen molar-refractivity contribution < 1.29 is 29.3 Å². The van der Waals surface area contributed by atoms with E-state index in [0.717, 1.165) is 93.9 Å². The number of phenolic OH excluding ortho intramolecular Hbond substituents is 1. The molecule has 4 bridgehead atoms. The number of aliphatic imine (C=N–C) groups is 1. The van der Waals surface area contributed by atoms with Gasteiger partial charge in [0.1, 0.15) is 6.10 Å². The van der Waals surface area contributed by atoms with Crippen LogP contribution in [0.2, 0.25) is 0 Å². The van der Waals surface area contributed by atoms with E-state index in [1.807, 2.05) is 44.7 Å². The molecule has 2 saturated carbocycles. The van der Waals surface area contributed by atoms with Gasteiger partial charge in [-0.15, -0.1) is 0 Å². The van der Waals surface area contributed by atoms with Crippen LogP contribution in [-0.4, -0.2) is 81.5 Å². The first-order valence-electron chi connectivity index (χ1n) is 21.4. The van der Waals surface area contributed by atoms with Crippen LogP contribution in [0.15, 0.2) is 40.7 Å². The van der Waals surface area contributed by atoms with Crippen LogP contribution in [0.25, 0.3) is 0 Å². The maximum Gasteiger partial charge on any atom is 0.302 e. The van der Waals surface area contributed by atoms with E-state index in [2.05, 4.69) is 16.7 Å². The fraction of sp³-hybridized carbons (Fsp3) is 0.698. The number of aryl methyl sites for hydroxylation is 1. The molecule has 3 unspecified atom stereocenters. The monoisotopic (exact) mass is 826 g/mol. The molecule has 8 N–H and O–H groups in total. The second-order valence-corrected chi connectivity index (χ2v) is 19.9. The topological polar surface area (TPSA) is 185 Å². The highest BCUT2D eigenvalue weighted by molar-refractivity contribution is 8.77. The number of fused-ring (bicyclic) bond motifs is 4. The number of aliphatic hydroxyl groups excluding tert-OH is 1. The second kappa shape index (κ2) is 20.6. The molecule has 1 spiro atoms. The van der Waals surface area contributed by atoms with Gasteiger partial charge in [0, 0.05) is 62.7 Å². The summed E-state index contributed by atoms with van der Waals surface area (Å²) >= 11 is 0. The molecule has 12 nitrogen and oxygen atoms in total. The molecular formula is C43H66N6O6S2. The fourth-order valence-electron chi connectivity index (χ4n) is 9.26. The number of allylic oxidation sites excluding steroid dienone is 2. The van der Waals surface area contributed by atoms with Crippen molar-refractivity contribution in [3.8, 4) is 11.5 Å². The lowest BCUT2D eigenvalue weighted by molar-refractivity contribution is -0.148. The minimum Gasteiger partial charge on any atom is -0.504 e. The zero-order valence-corrected chi connectivity index (χ0v) is 35.5. The third-order valence-electron chi connectivity index (χ3n) is 12.2. The first kappa shape index (κ1) is 43.4. The van der Waals surface area contributed by atoms with Crippen molar-refractivity contribution in [3.05, 3.63) is 46.8 Å². The summed E-state index contributed by atoms with van der Waals surface area (Å²) in [5.41, 5.74) is 15.0. The number of rotatable bonds is 5. The number of ether oxygens (including phenoxy) is 2. The number of hydrogen-bond donors (Lipinski definition) is 6. The van der Waals surface area contributed by atoms with Crippen LogP contribution < -0.4 is 26.8 Å². The number of hydrogen-bond acceptors (Lipinski definition) is 13. The van der Waals surface area contributed by atoms with Gasteiger partial charge in [-0.2, -0.15) is 0 Å². The maximum absolute atomic E-state index is 14.0. The predicted octanol–water partition coefficient (Wildman–Crippen LogP) is 6.68. The number of guanidine groups is 1. The van der Waals surface area contributed by atoms with Gasteiger partial charge in [0.25, 0.3) is 0 Å². The van der Waals surface area contributed by atoms with E-state index in [4.69, 9.17) is 25.9 Å². The van der Waals surface area contributed by atoms with Crippen LogP contribution in [-0.2, 0) is 27.3 Å². The molecule has 3 heterocycles. The van der Waals surface area contributed by atoms with E-state index < -0.39 is 17.6 Å². The molecule has 1 aromatic rings. The number of aliphatic hydroxyl groups is 1. The Morgan fingerprint density at radius 2 is 1.79 bits per heavy atom. The SMILES string of the molecule is CC(=O)OC1CCc2cc(c(O)c(OC3CCCC3)c2)CN2CC(CC3=CCNC(N)=C3)(CCN=C(N)NC3(CCCC3)SSCCCCCCC(O)C1)CC2=O. The van der Waals surface area contributed by atoms with Gasteiger partial charge in [0.15, 0.2) is 17.5 Å². The highest BCUT2D eigenvalue weighted by Crippen LogP contribution is 2.46. The van der Waals surface area contributed by atoms with E-state index >= 15 is 0 Å². The molecule has 2 aliphatic carbocycles. The number of dihydropyridines is 1. The molecule has 1 amide bonds. The van der Waals surface area contributed by atoms with E-state index in [1.54, 1.807) is 0 Å². The van der Waals surface area contributed by atoms with Crippen LogP contribution in [0.4, 0.5) is 0 Å². The van der Waals surface area contributed by atoms with Crippen molar-refractivity contribution in [1.82, 2.24) is 15.5 Å². The molecule has 3 atom stereocenters. The standard InChI is InChI=1S/C43H66N6O6S2/c1-30(50)54-36-14-13-31-22-33(40(53)37(23-31)55-35-11-5-6-12-35)28-49-29-42(27-39(49)52,26-32-15-19-46-38(44)24-32)18-20-47-41(45)48-43(16-7-8-17-43)57-56-21-9-3-2-4-10-34(51)25-36/h15,22-24,34-36,46,51,53H,2-14,16-21,25-29,44H2,1H3,(H3,45,47,48). The number of phenols is 1. The van der Waals surface area contributed by atoms with Gasteiger partial charge >= 0.3 is 5.97 Å². The zero-order chi connectivity index (χ0) is 40.3. The Morgan fingerprint density at radius 1 is 1.02 bits per heavy atom. The Morgan fingerprint density at radius 3 is 2.56 bits per heavy atom. The van der Waals surface area contributed by atoms with Crippen molar-refractivity contribution in [2.24, 2.45) is 21.9 Å². The first-order valence-corrected chi connectivity index (χ1v) is 23.7. The summed E-state index contributed by atoms with van der Waals surface area (Å²) in [5, 5.41) is 29.5. The van der Waals surface area contributed by atoms with Crippen LogP contribution in [0.3, 0.4) is 0 Å². The summed E-state index contributed by atoms with van der Waals surface area (Å²) in [6.45, 7) is 3.27. The third-order valence-corrected chi connectivity index (χ3v) is 15.4. The second-order valence-electron chi connectivity index (χ2n) is 17.1. The number of nitrogens with two attached hydrogens (primary N) is 2. The number of esters is 1. The van der Waals surface area contributed by atoms with E-state index in [1.165, 1.54) is 6.92 Å². The summed E-state index contributed by atoms with van der Waals surface area (Å²) in [6.07, 6.45) is 19.5. The van der Waals surface area contributed by atoms with Crippen molar-refractivity contribution in [3.63, 3.8) is 0 Å². The highest BCUT2D eigenvalue weighted by Gasteiger charge is 2.44. The molecule has 6 rings (SSSR count). The van der Waals surface area contributed by atoms with Gasteiger partial charge in [0.05, 0.1) is 22.9 Å². The number of amides is 1. The lowest BCUT2D eigenvalue weighted by atomic mass is 9.77. The number of nitrogens with one attached hydrogen (secondary N) is 2. The molecule has 1 saturated heterocycles. The minimum absolute atomic E-state index is 0.0271. The molecule has 57 heavy (non-hydrogen) atoms. The smallest absolute Gasteiger partial charge is 0.302 e. The van der Waals surface area contributed by atoms with E-state index in [-0.39, 0.29) is 35.1 Å². The Hall–Kier alpha value is -3.23. The number of carbonyl (C=O) groups excluding carboxylic acids is 2. The average molecular weight is 827 g/mol. The number of benzene rings is 1. The molecule has 3 aliphatic heterocycles. The predicted molar refractivity (Wildman–Crippen MR) is 230 cm³/mol. The number of carbonyl (C=O) groups is 2. The quantitative estimate of drug-likeness (QED) is 0.137. The van der Waals surface area contributed by atoms with Crippen LogP contribution in [0.5, 0.6) is 11.5 Å². The van der Waals surface area contributed by atoms with Gasteiger partial charge in [-0.25, -0.2) is 0 Å². The Kier molecular flexibility index (Phi) is 15.7. The zero-order valence-electron chi connectivity index (χ0n) is 33.9. The number of nitrogens with zero attached hydrogens (tertiary/aromatic N) is 2. The molecule has 0 aromatic heterocycles. The molecule has 14 heteroatoms. The minimum atomic E-state index is -0.566. The fourth-order valence-corrected chi connectivity index (χ4v) is 12.4. The van der Waals surface area contributed by atoms with Crippen molar-refractivity contribution in [2.75, 3.05) is 25.4 Å². The van der Waals surface area contributed by atoms with Gasteiger partial charge in [0.2, 0.25) is 5.91 Å². The maximum atomic E-state index is 14.0. The average Bonchev–Trinajstić information content (AvgIpc) is 3.91. The third kappa shape index (κ3) is 12.9. The van der Waals surface area contributed by atoms with E-state index in [0.29, 0.717) is 87.7 Å². The van der Waals surface area contributed by atoms with Crippen molar-refractivity contribution in [1.29, 1.82) is 0 Å². The Bertz CT molecular complexity index is 1630. The van der Waals surface area contributed by atoms with Crippen molar-refractivity contribution >= 4 is 39.4 Å².